The molecule has 1 heterocycles. The normalized spacial score (nSPS) is 16.5. The van der Waals surface area contributed by atoms with Gasteiger partial charge in [-0.15, -0.1) is 11.8 Å². The van der Waals surface area contributed by atoms with Crippen molar-refractivity contribution in [3.63, 3.8) is 0 Å². The minimum absolute atomic E-state index is 0.00710. The van der Waals surface area contributed by atoms with E-state index in [1.165, 1.54) is 30.0 Å². The number of fused-ring (bicyclic) bond motifs is 1. The van der Waals surface area contributed by atoms with Crippen molar-refractivity contribution < 1.29 is 26.8 Å². The van der Waals surface area contributed by atoms with Crippen LogP contribution in [0.25, 0.3) is 0 Å². The number of carbonyl (C=O) groups is 2. The number of thioether (sulfide) groups is 1. The first-order valence-electron chi connectivity index (χ1n) is 8.72. The van der Waals surface area contributed by atoms with Crippen molar-refractivity contribution >= 4 is 44.8 Å². The molecular formula is C19H18F2N2O4S2. The van der Waals surface area contributed by atoms with Gasteiger partial charge in [-0.3, -0.25) is 9.59 Å². The van der Waals surface area contributed by atoms with Crippen LogP contribution in [0, 0.1) is 11.6 Å². The van der Waals surface area contributed by atoms with E-state index in [1.807, 2.05) is 6.92 Å². The average Bonchev–Trinajstić information content (AvgIpc) is 2.78. The van der Waals surface area contributed by atoms with E-state index in [-0.39, 0.29) is 28.2 Å². The highest BCUT2D eigenvalue weighted by Gasteiger charge is 2.23. The smallest absolute Gasteiger partial charge is 0.225 e. The quantitative estimate of drug-likeness (QED) is 0.741. The lowest BCUT2D eigenvalue weighted by Crippen LogP contribution is -2.18. The Bertz CT molecular complexity index is 1070. The molecule has 2 N–H and O–H groups in total. The molecule has 10 heteroatoms. The molecule has 2 amide bonds. The molecule has 1 atom stereocenters. The Balaban J connectivity index is 1.68. The van der Waals surface area contributed by atoms with E-state index in [9.17, 15) is 26.8 Å². The van der Waals surface area contributed by atoms with Gasteiger partial charge in [0.1, 0.15) is 0 Å². The minimum Gasteiger partial charge on any atom is -0.326 e. The standard InChI is InChI=1S/C19H18F2N2O4S2/c1-11-8-19(25)23-16-10-13(3-5-17(16)28-11)29(26,27)7-6-18(24)22-12-2-4-14(20)15(21)9-12/h2-5,9-11H,6-8H2,1H3,(H,22,24)(H,23,25)/t11-/m0/s1. The molecule has 29 heavy (non-hydrogen) atoms. The Labute approximate surface area is 171 Å². The van der Waals surface area contributed by atoms with Crippen LogP contribution in [-0.4, -0.2) is 31.2 Å². The monoisotopic (exact) mass is 440 g/mol. The van der Waals surface area contributed by atoms with Crippen molar-refractivity contribution in [2.75, 3.05) is 16.4 Å². The van der Waals surface area contributed by atoms with E-state index in [0.717, 1.165) is 17.0 Å². The van der Waals surface area contributed by atoms with Gasteiger partial charge in [0, 0.05) is 34.7 Å². The van der Waals surface area contributed by atoms with Crippen molar-refractivity contribution in [1.29, 1.82) is 0 Å². The lowest BCUT2D eigenvalue weighted by molar-refractivity contribution is -0.116. The van der Waals surface area contributed by atoms with Gasteiger partial charge in [-0.05, 0) is 30.3 Å². The third-order valence-corrected chi connectivity index (χ3v) is 7.08. The van der Waals surface area contributed by atoms with Crippen molar-refractivity contribution in [3.8, 4) is 0 Å². The molecule has 6 nitrogen and oxygen atoms in total. The van der Waals surface area contributed by atoms with Crippen LogP contribution in [0.2, 0.25) is 0 Å². The maximum Gasteiger partial charge on any atom is 0.225 e. The maximum absolute atomic E-state index is 13.2. The summed E-state index contributed by atoms with van der Waals surface area (Å²) >= 11 is 1.48. The number of nitrogens with one attached hydrogen (secondary N) is 2. The highest BCUT2D eigenvalue weighted by atomic mass is 32.2. The molecule has 0 fully saturated rings. The summed E-state index contributed by atoms with van der Waals surface area (Å²) in [5.41, 5.74) is 0.460. The summed E-state index contributed by atoms with van der Waals surface area (Å²) in [6.45, 7) is 1.91. The molecule has 154 valence electrons. The summed E-state index contributed by atoms with van der Waals surface area (Å²) in [4.78, 5) is 24.6. The Morgan fingerprint density at radius 1 is 1.21 bits per heavy atom. The molecule has 0 radical (unpaired) electrons. The summed E-state index contributed by atoms with van der Waals surface area (Å²) in [6.07, 6.45) is -0.0395. The van der Waals surface area contributed by atoms with Crippen LogP contribution >= 0.6 is 11.8 Å². The van der Waals surface area contributed by atoms with Crippen LogP contribution in [-0.2, 0) is 19.4 Å². The second-order valence-electron chi connectivity index (χ2n) is 6.58. The first-order chi connectivity index (χ1) is 13.6. The molecule has 2 aromatic rings. The first-order valence-corrected chi connectivity index (χ1v) is 11.3. The predicted octanol–water partition coefficient (Wildman–Crippen LogP) is 3.59. The van der Waals surface area contributed by atoms with Crippen molar-refractivity contribution in [3.05, 3.63) is 48.0 Å². The van der Waals surface area contributed by atoms with Gasteiger partial charge in [0.05, 0.1) is 16.3 Å². The molecule has 0 aliphatic carbocycles. The molecular weight excluding hydrogens is 422 g/mol. The summed E-state index contributed by atoms with van der Waals surface area (Å²) < 4.78 is 51.3. The number of sulfone groups is 1. The Hall–Kier alpha value is -2.46. The van der Waals surface area contributed by atoms with Gasteiger partial charge in [-0.1, -0.05) is 6.92 Å². The van der Waals surface area contributed by atoms with Crippen LogP contribution in [0.15, 0.2) is 46.2 Å². The number of hydrogen-bond donors (Lipinski definition) is 2. The molecule has 0 unspecified atom stereocenters. The minimum atomic E-state index is -3.79. The lowest BCUT2D eigenvalue weighted by Gasteiger charge is -2.11. The van der Waals surface area contributed by atoms with Crippen molar-refractivity contribution in [1.82, 2.24) is 0 Å². The SMILES string of the molecule is C[C@H]1CC(=O)Nc2cc(S(=O)(=O)CCC(=O)Nc3ccc(F)c(F)c3)ccc2S1. The number of hydrogen-bond acceptors (Lipinski definition) is 5. The third kappa shape index (κ3) is 5.33. The summed E-state index contributed by atoms with van der Waals surface area (Å²) in [7, 11) is -3.79. The Morgan fingerprint density at radius 2 is 1.97 bits per heavy atom. The number of amides is 2. The number of benzene rings is 2. The topological polar surface area (TPSA) is 92.3 Å². The number of rotatable bonds is 5. The molecule has 0 bridgehead atoms. The fourth-order valence-corrected chi connectivity index (χ4v) is 5.08. The Kier molecular flexibility index (Phi) is 6.23. The molecule has 0 aromatic heterocycles. The second-order valence-corrected chi connectivity index (χ2v) is 10.2. The molecule has 1 aliphatic rings. The van der Waals surface area contributed by atoms with Crippen LogP contribution < -0.4 is 10.6 Å². The number of carbonyl (C=O) groups excluding carboxylic acids is 2. The molecule has 0 saturated carbocycles. The number of halogens is 2. The van der Waals surface area contributed by atoms with E-state index in [1.54, 1.807) is 6.07 Å². The maximum atomic E-state index is 13.2. The van der Waals surface area contributed by atoms with E-state index in [0.29, 0.717) is 12.1 Å². The van der Waals surface area contributed by atoms with E-state index < -0.39 is 33.1 Å². The van der Waals surface area contributed by atoms with Gasteiger partial charge in [-0.2, -0.15) is 0 Å². The van der Waals surface area contributed by atoms with Gasteiger partial charge in [-0.25, -0.2) is 17.2 Å². The van der Waals surface area contributed by atoms with E-state index >= 15 is 0 Å². The summed E-state index contributed by atoms with van der Waals surface area (Å²) in [5, 5.41) is 5.10. The van der Waals surface area contributed by atoms with Crippen LogP contribution in [0.1, 0.15) is 19.8 Å². The molecule has 1 aliphatic heterocycles. The highest BCUT2D eigenvalue weighted by molar-refractivity contribution is 8.00. The Morgan fingerprint density at radius 3 is 2.69 bits per heavy atom. The van der Waals surface area contributed by atoms with E-state index in [4.69, 9.17) is 0 Å². The first kappa shape index (κ1) is 21.3. The fourth-order valence-electron chi connectivity index (χ4n) is 2.77. The lowest BCUT2D eigenvalue weighted by atomic mass is 10.3. The molecule has 0 saturated heterocycles. The summed E-state index contributed by atoms with van der Waals surface area (Å²) in [5.74, 6) is -3.47. The summed E-state index contributed by atoms with van der Waals surface area (Å²) in [6, 6.07) is 7.33. The van der Waals surface area contributed by atoms with Crippen LogP contribution in [0.3, 0.4) is 0 Å². The van der Waals surface area contributed by atoms with Crippen molar-refractivity contribution in [2.24, 2.45) is 0 Å². The molecule has 3 rings (SSSR count). The van der Waals surface area contributed by atoms with Gasteiger partial charge < -0.3 is 10.6 Å². The largest absolute Gasteiger partial charge is 0.326 e. The molecule has 2 aromatic carbocycles. The second kappa shape index (κ2) is 8.50. The molecule has 0 spiro atoms. The van der Waals surface area contributed by atoms with Crippen LogP contribution in [0.4, 0.5) is 20.2 Å². The fraction of sp³-hybridized carbons (Fsp3) is 0.263. The van der Waals surface area contributed by atoms with Gasteiger partial charge in [0.2, 0.25) is 11.8 Å². The zero-order valence-electron chi connectivity index (χ0n) is 15.4. The number of anilines is 2. The van der Waals surface area contributed by atoms with Crippen LogP contribution in [0.5, 0.6) is 0 Å². The zero-order valence-corrected chi connectivity index (χ0v) is 17.0. The van der Waals surface area contributed by atoms with Gasteiger partial charge in [0.15, 0.2) is 21.5 Å². The van der Waals surface area contributed by atoms with Gasteiger partial charge in [0.25, 0.3) is 0 Å². The zero-order chi connectivity index (χ0) is 21.2. The average molecular weight is 440 g/mol. The van der Waals surface area contributed by atoms with Gasteiger partial charge >= 0.3 is 0 Å². The van der Waals surface area contributed by atoms with Crippen molar-refractivity contribution in [2.45, 2.75) is 34.8 Å². The van der Waals surface area contributed by atoms with E-state index in [2.05, 4.69) is 10.6 Å². The highest BCUT2D eigenvalue weighted by Crippen LogP contribution is 2.36. The third-order valence-electron chi connectivity index (χ3n) is 4.19. The predicted molar refractivity (Wildman–Crippen MR) is 107 cm³/mol.